The van der Waals surface area contributed by atoms with E-state index in [2.05, 4.69) is 20.4 Å². The van der Waals surface area contributed by atoms with Crippen molar-refractivity contribution in [1.29, 1.82) is 0 Å². The predicted octanol–water partition coefficient (Wildman–Crippen LogP) is 3.01. The minimum atomic E-state index is -0.635. The molecule has 3 N–H and O–H groups in total. The molecule has 2 aromatic heterocycles. The van der Waals surface area contributed by atoms with Gasteiger partial charge in [-0.15, -0.1) is 0 Å². The fraction of sp³-hybridized carbons (Fsp3) is 0.235. The lowest BCUT2D eigenvalue weighted by Gasteiger charge is -2.24. The highest BCUT2D eigenvalue weighted by atomic mass is 19.1. The molecule has 2 heterocycles. The first-order valence-electron chi connectivity index (χ1n) is 7.98. The van der Waals surface area contributed by atoms with E-state index >= 15 is 0 Å². The molecule has 0 bridgehead atoms. The van der Waals surface area contributed by atoms with Crippen molar-refractivity contribution >= 4 is 11.6 Å². The summed E-state index contributed by atoms with van der Waals surface area (Å²) in [5.74, 6) is -0.226. The number of rotatable bonds is 3. The molecule has 1 aliphatic rings. The van der Waals surface area contributed by atoms with Gasteiger partial charge in [-0.2, -0.15) is 5.10 Å². The number of nitrogens with zero attached hydrogens (tertiary/aromatic N) is 4. The Kier molecular flexibility index (Phi) is 3.79. The summed E-state index contributed by atoms with van der Waals surface area (Å²) in [6, 6.07) is 5.16. The molecule has 0 amide bonds. The Balaban J connectivity index is 1.68. The van der Waals surface area contributed by atoms with Crippen LogP contribution in [0.5, 0.6) is 0 Å². The van der Waals surface area contributed by atoms with E-state index in [-0.39, 0.29) is 11.7 Å². The summed E-state index contributed by atoms with van der Waals surface area (Å²) in [4.78, 5) is 8.04. The third kappa shape index (κ3) is 2.90. The molecule has 0 fully saturated rings. The predicted molar refractivity (Wildman–Crippen MR) is 89.2 cm³/mol. The maximum Gasteiger partial charge on any atom is 0.151 e. The topological polar surface area (TPSA) is 81.6 Å². The molecule has 25 heavy (non-hydrogen) atoms. The van der Waals surface area contributed by atoms with Gasteiger partial charge in [0.25, 0.3) is 0 Å². The molecular formula is C17H16F2N6. The summed E-state index contributed by atoms with van der Waals surface area (Å²) in [5.41, 5.74) is 7.82. The van der Waals surface area contributed by atoms with E-state index in [9.17, 15) is 8.78 Å². The summed E-state index contributed by atoms with van der Waals surface area (Å²) >= 11 is 0. The highest BCUT2D eigenvalue weighted by Gasteiger charge is 2.26. The Labute approximate surface area is 142 Å². The van der Waals surface area contributed by atoms with Crippen molar-refractivity contribution in [3.8, 4) is 5.69 Å². The molecule has 6 nitrogen and oxygen atoms in total. The van der Waals surface area contributed by atoms with Crippen molar-refractivity contribution in [3.63, 3.8) is 0 Å². The van der Waals surface area contributed by atoms with Crippen LogP contribution in [0.15, 0.2) is 36.8 Å². The van der Waals surface area contributed by atoms with E-state index < -0.39 is 11.6 Å². The first kappa shape index (κ1) is 15.5. The number of fused-ring (bicyclic) bond motifs is 1. The van der Waals surface area contributed by atoms with Gasteiger partial charge >= 0.3 is 0 Å². The van der Waals surface area contributed by atoms with Gasteiger partial charge in [-0.25, -0.2) is 23.4 Å². The van der Waals surface area contributed by atoms with E-state index in [1.807, 2.05) is 0 Å². The molecule has 8 heteroatoms. The molecule has 1 aromatic carbocycles. The Morgan fingerprint density at radius 2 is 2.08 bits per heavy atom. The van der Waals surface area contributed by atoms with Crippen LogP contribution in [0.3, 0.4) is 0 Å². The number of anilines is 2. The van der Waals surface area contributed by atoms with Crippen LogP contribution in [0.2, 0.25) is 0 Å². The van der Waals surface area contributed by atoms with Crippen LogP contribution in [0, 0.1) is 11.6 Å². The second-order valence-corrected chi connectivity index (χ2v) is 5.97. The Bertz CT molecular complexity index is 923. The van der Waals surface area contributed by atoms with Crippen LogP contribution in [-0.4, -0.2) is 19.7 Å². The van der Waals surface area contributed by atoms with Crippen molar-refractivity contribution in [2.45, 2.75) is 25.3 Å². The first-order chi connectivity index (χ1) is 12.1. The van der Waals surface area contributed by atoms with Gasteiger partial charge in [-0.05, 0) is 31.4 Å². The number of nitrogens with two attached hydrogens (primary N) is 1. The van der Waals surface area contributed by atoms with E-state index in [0.717, 1.165) is 36.6 Å². The second kappa shape index (κ2) is 6.12. The van der Waals surface area contributed by atoms with Crippen molar-refractivity contribution in [2.75, 3.05) is 11.1 Å². The summed E-state index contributed by atoms with van der Waals surface area (Å²) < 4.78 is 28.8. The van der Waals surface area contributed by atoms with Gasteiger partial charge in [0.05, 0.1) is 12.2 Å². The van der Waals surface area contributed by atoms with Crippen molar-refractivity contribution in [1.82, 2.24) is 19.7 Å². The standard InChI is InChI=1S/C17H16F2N6/c18-10-4-5-15(12(19)6-10)25-14-3-1-2-13(11(14)8-23-25)24-17-7-16(20)21-9-22-17/h4-9,13H,1-3H2,(H3,20,21,22,24)/t13-/m0/s1. The maximum absolute atomic E-state index is 14.1. The van der Waals surface area contributed by atoms with Gasteiger partial charge in [-0.3, -0.25) is 0 Å². The van der Waals surface area contributed by atoms with E-state index in [1.165, 1.54) is 18.5 Å². The Hall–Kier alpha value is -3.03. The number of benzene rings is 1. The summed E-state index contributed by atoms with van der Waals surface area (Å²) in [6.07, 6.45) is 5.71. The van der Waals surface area contributed by atoms with Gasteiger partial charge in [0.2, 0.25) is 0 Å². The molecule has 1 atom stereocenters. The van der Waals surface area contributed by atoms with Crippen LogP contribution in [0.1, 0.15) is 30.1 Å². The molecule has 0 radical (unpaired) electrons. The molecule has 0 spiro atoms. The van der Waals surface area contributed by atoms with Crippen LogP contribution >= 0.6 is 0 Å². The summed E-state index contributed by atoms with van der Waals surface area (Å²) in [5, 5.41) is 7.65. The van der Waals surface area contributed by atoms with E-state index in [1.54, 1.807) is 16.9 Å². The molecule has 0 aliphatic heterocycles. The first-order valence-corrected chi connectivity index (χ1v) is 7.98. The maximum atomic E-state index is 14.1. The largest absolute Gasteiger partial charge is 0.384 e. The number of hydrogen-bond donors (Lipinski definition) is 2. The minimum Gasteiger partial charge on any atom is -0.384 e. The summed E-state index contributed by atoms with van der Waals surface area (Å²) in [6.45, 7) is 0. The van der Waals surface area contributed by atoms with E-state index in [4.69, 9.17) is 5.73 Å². The average Bonchev–Trinajstić information content (AvgIpc) is 3.00. The lowest BCUT2D eigenvalue weighted by Crippen LogP contribution is -2.19. The van der Waals surface area contributed by atoms with Gasteiger partial charge in [0, 0.05) is 23.4 Å². The lowest BCUT2D eigenvalue weighted by molar-refractivity contribution is 0.558. The molecule has 0 unspecified atom stereocenters. The van der Waals surface area contributed by atoms with Gasteiger partial charge in [0.15, 0.2) is 5.82 Å². The van der Waals surface area contributed by atoms with Crippen molar-refractivity contribution in [2.24, 2.45) is 0 Å². The molecular weight excluding hydrogens is 326 g/mol. The number of aromatic nitrogens is 4. The smallest absolute Gasteiger partial charge is 0.151 e. The normalized spacial score (nSPS) is 16.5. The molecule has 4 rings (SSSR count). The van der Waals surface area contributed by atoms with Crippen LogP contribution in [-0.2, 0) is 6.42 Å². The third-order valence-corrected chi connectivity index (χ3v) is 4.33. The Morgan fingerprint density at radius 3 is 2.88 bits per heavy atom. The zero-order valence-corrected chi connectivity index (χ0v) is 13.3. The molecule has 1 aliphatic carbocycles. The van der Waals surface area contributed by atoms with Gasteiger partial charge < -0.3 is 11.1 Å². The monoisotopic (exact) mass is 342 g/mol. The average molecular weight is 342 g/mol. The second-order valence-electron chi connectivity index (χ2n) is 5.97. The molecule has 3 aromatic rings. The number of hydrogen-bond acceptors (Lipinski definition) is 5. The number of nitrogen functional groups attached to an aromatic ring is 1. The van der Waals surface area contributed by atoms with Crippen LogP contribution in [0.4, 0.5) is 20.4 Å². The zero-order valence-electron chi connectivity index (χ0n) is 13.3. The fourth-order valence-electron chi connectivity index (χ4n) is 3.20. The lowest BCUT2D eigenvalue weighted by atomic mass is 9.93. The van der Waals surface area contributed by atoms with Crippen LogP contribution < -0.4 is 11.1 Å². The highest BCUT2D eigenvalue weighted by Crippen LogP contribution is 2.33. The van der Waals surface area contributed by atoms with Crippen molar-refractivity contribution < 1.29 is 8.78 Å². The van der Waals surface area contributed by atoms with E-state index in [0.29, 0.717) is 11.6 Å². The molecule has 0 saturated carbocycles. The zero-order chi connectivity index (χ0) is 17.4. The quantitative estimate of drug-likeness (QED) is 0.765. The number of halogens is 2. The highest BCUT2D eigenvalue weighted by molar-refractivity contribution is 5.47. The van der Waals surface area contributed by atoms with Crippen LogP contribution in [0.25, 0.3) is 5.69 Å². The molecule has 128 valence electrons. The molecule has 0 saturated heterocycles. The number of nitrogens with one attached hydrogen (secondary N) is 1. The van der Waals surface area contributed by atoms with Gasteiger partial charge in [-0.1, -0.05) is 0 Å². The Morgan fingerprint density at radius 1 is 1.20 bits per heavy atom. The summed E-state index contributed by atoms with van der Waals surface area (Å²) in [7, 11) is 0. The fourth-order valence-corrected chi connectivity index (χ4v) is 3.20. The SMILES string of the molecule is Nc1cc(N[C@H]2CCCc3c2cnn3-c2ccc(F)cc2F)ncn1. The third-order valence-electron chi connectivity index (χ3n) is 4.33. The minimum absolute atomic E-state index is 0.00434. The van der Waals surface area contributed by atoms with Gasteiger partial charge in [0.1, 0.15) is 29.5 Å². The van der Waals surface area contributed by atoms with Crippen molar-refractivity contribution in [3.05, 3.63) is 59.7 Å².